The van der Waals surface area contributed by atoms with Crippen molar-refractivity contribution in [3.8, 4) is 0 Å². The molecular formula is C15H25NO3Si. The lowest BCUT2D eigenvalue weighted by atomic mass is 10.1. The first-order chi connectivity index (χ1) is 9.02. The third kappa shape index (κ3) is 1.93. The van der Waals surface area contributed by atoms with E-state index in [1.54, 1.807) is 0 Å². The van der Waals surface area contributed by atoms with E-state index in [1.807, 2.05) is 20.8 Å². The lowest BCUT2D eigenvalue weighted by Crippen LogP contribution is -2.45. The van der Waals surface area contributed by atoms with E-state index in [0.717, 1.165) is 6.42 Å². The number of amides is 2. The summed E-state index contributed by atoms with van der Waals surface area (Å²) in [5.41, 5.74) is 0.169. The van der Waals surface area contributed by atoms with Gasteiger partial charge in [-0.05, 0) is 44.6 Å². The van der Waals surface area contributed by atoms with E-state index >= 15 is 0 Å². The number of piperidine rings is 1. The molecule has 4 nitrogen and oxygen atoms in total. The van der Waals surface area contributed by atoms with E-state index < -0.39 is 19.8 Å². The summed E-state index contributed by atoms with van der Waals surface area (Å²) in [6.45, 7) is 12.6. The number of hydrogen-bond acceptors (Lipinski definition) is 3. The summed E-state index contributed by atoms with van der Waals surface area (Å²) in [6.07, 6.45) is 0.434. The van der Waals surface area contributed by atoms with Gasteiger partial charge in [-0.1, -0.05) is 19.6 Å². The minimum Gasteiger partial charge on any atom is -0.443 e. The standard InChI is InChI=1S/C15H25NO3Si/c1-15(2,3)19-14(18)16-9-7-8(13(16)17)10-11(9)12(10)20(4,5)6/h8-12H,7H2,1-6H3. The van der Waals surface area contributed by atoms with Crippen LogP contribution in [0.1, 0.15) is 27.2 Å². The summed E-state index contributed by atoms with van der Waals surface area (Å²) in [5, 5.41) is 0. The SMILES string of the molecule is CC(C)(C)OC(=O)N1C(=O)C2CC1C1C2C1[Si](C)(C)C. The summed E-state index contributed by atoms with van der Waals surface area (Å²) in [6, 6.07) is 0.115. The van der Waals surface area contributed by atoms with Crippen LogP contribution in [-0.2, 0) is 9.53 Å². The Bertz CT molecular complexity index is 476. The maximum Gasteiger partial charge on any atom is 0.417 e. The van der Waals surface area contributed by atoms with E-state index in [0.29, 0.717) is 17.4 Å². The zero-order valence-corrected chi connectivity index (χ0v) is 14.3. The van der Waals surface area contributed by atoms with Gasteiger partial charge in [0.1, 0.15) is 5.60 Å². The molecule has 2 saturated carbocycles. The molecular weight excluding hydrogens is 270 g/mol. The number of ether oxygens (including phenoxy) is 1. The molecule has 1 heterocycles. The second-order valence-corrected chi connectivity index (χ2v) is 14.0. The molecule has 112 valence electrons. The fourth-order valence-corrected chi connectivity index (χ4v) is 7.62. The first-order valence-electron chi connectivity index (χ1n) is 7.58. The second-order valence-electron chi connectivity index (χ2n) is 8.64. The Hall–Kier alpha value is -0.843. The van der Waals surface area contributed by atoms with Gasteiger partial charge in [-0.2, -0.15) is 0 Å². The predicted octanol–water partition coefficient (Wildman–Crippen LogP) is 3.11. The summed E-state index contributed by atoms with van der Waals surface area (Å²) < 4.78 is 5.41. The molecule has 5 unspecified atom stereocenters. The first kappa shape index (κ1) is 14.1. The van der Waals surface area contributed by atoms with Crippen molar-refractivity contribution in [2.24, 2.45) is 17.8 Å². The van der Waals surface area contributed by atoms with Gasteiger partial charge >= 0.3 is 6.09 Å². The summed E-state index contributed by atoms with van der Waals surface area (Å²) in [4.78, 5) is 26.2. The third-order valence-corrected chi connectivity index (χ3v) is 7.78. The summed E-state index contributed by atoms with van der Waals surface area (Å²) in [7, 11) is -1.23. The Labute approximate surface area is 121 Å². The van der Waals surface area contributed by atoms with Crippen LogP contribution < -0.4 is 0 Å². The predicted molar refractivity (Wildman–Crippen MR) is 79.1 cm³/mol. The molecule has 0 spiro atoms. The van der Waals surface area contributed by atoms with Crippen LogP contribution >= 0.6 is 0 Å². The molecule has 2 bridgehead atoms. The molecule has 1 aliphatic heterocycles. The highest BCUT2D eigenvalue weighted by Gasteiger charge is 2.74. The molecule has 0 radical (unpaired) electrons. The average molecular weight is 295 g/mol. The van der Waals surface area contributed by atoms with Crippen LogP contribution in [0.25, 0.3) is 0 Å². The van der Waals surface area contributed by atoms with Gasteiger partial charge in [0, 0.05) is 20.0 Å². The van der Waals surface area contributed by atoms with Gasteiger partial charge in [0.25, 0.3) is 0 Å². The Morgan fingerprint density at radius 3 is 2.35 bits per heavy atom. The number of hydrogen-bond donors (Lipinski definition) is 0. The third-order valence-electron chi connectivity index (χ3n) is 5.01. The van der Waals surface area contributed by atoms with Gasteiger partial charge in [-0.25, -0.2) is 9.69 Å². The zero-order chi connectivity index (χ0) is 15.0. The monoisotopic (exact) mass is 295 g/mol. The zero-order valence-electron chi connectivity index (χ0n) is 13.3. The quantitative estimate of drug-likeness (QED) is 0.698. The minimum absolute atomic E-state index is 0.0197. The fraction of sp³-hybridized carbons (Fsp3) is 0.867. The molecule has 0 N–H and O–H groups in total. The van der Waals surface area contributed by atoms with E-state index in [4.69, 9.17) is 4.74 Å². The lowest BCUT2D eigenvalue weighted by Gasteiger charge is -2.29. The lowest BCUT2D eigenvalue weighted by molar-refractivity contribution is -0.133. The van der Waals surface area contributed by atoms with E-state index in [-0.39, 0.29) is 17.9 Å². The molecule has 3 fully saturated rings. The van der Waals surface area contributed by atoms with Gasteiger partial charge in [0.2, 0.25) is 5.91 Å². The highest BCUT2D eigenvalue weighted by molar-refractivity contribution is 6.78. The molecule has 3 aliphatic rings. The number of likely N-dealkylation sites (tertiary alicyclic amines) is 1. The normalized spacial score (nSPS) is 39.0. The molecule has 0 aromatic heterocycles. The number of carbonyl (C=O) groups excluding carboxylic acids is 2. The van der Waals surface area contributed by atoms with Crippen LogP contribution in [0.4, 0.5) is 4.79 Å². The molecule has 2 amide bonds. The number of nitrogens with zero attached hydrogens (tertiary/aromatic N) is 1. The van der Waals surface area contributed by atoms with Crippen LogP contribution in [0.5, 0.6) is 0 Å². The van der Waals surface area contributed by atoms with Crippen molar-refractivity contribution >= 4 is 20.1 Å². The molecule has 5 atom stereocenters. The molecule has 0 aromatic rings. The van der Waals surface area contributed by atoms with Crippen LogP contribution in [0, 0.1) is 17.8 Å². The Morgan fingerprint density at radius 1 is 1.25 bits per heavy atom. The van der Waals surface area contributed by atoms with Crippen LogP contribution in [0.15, 0.2) is 0 Å². The van der Waals surface area contributed by atoms with Crippen LogP contribution in [0.3, 0.4) is 0 Å². The van der Waals surface area contributed by atoms with Crippen LogP contribution in [0.2, 0.25) is 25.2 Å². The minimum atomic E-state index is -1.23. The maximum atomic E-state index is 12.4. The van der Waals surface area contributed by atoms with E-state index in [1.165, 1.54) is 4.90 Å². The average Bonchev–Trinajstić information content (AvgIpc) is 2.77. The Kier molecular flexibility index (Phi) is 2.73. The van der Waals surface area contributed by atoms with E-state index in [9.17, 15) is 9.59 Å². The highest BCUT2D eigenvalue weighted by atomic mass is 28.3. The molecule has 5 heteroatoms. The molecule has 1 saturated heterocycles. The van der Waals surface area contributed by atoms with Crippen molar-refractivity contribution < 1.29 is 14.3 Å². The van der Waals surface area contributed by atoms with Crippen LogP contribution in [-0.4, -0.2) is 36.6 Å². The molecule has 2 aliphatic carbocycles. The number of carbonyl (C=O) groups is 2. The van der Waals surface area contributed by atoms with Crippen molar-refractivity contribution in [3.05, 3.63) is 0 Å². The van der Waals surface area contributed by atoms with Gasteiger partial charge in [0.05, 0.1) is 0 Å². The number of fused-ring (bicyclic) bond motifs is 5. The molecule has 3 rings (SSSR count). The molecule has 0 aromatic carbocycles. The highest BCUT2D eigenvalue weighted by Crippen LogP contribution is 2.72. The summed E-state index contributed by atoms with van der Waals surface area (Å²) in [5.74, 6) is 1.25. The Balaban J connectivity index is 1.78. The van der Waals surface area contributed by atoms with Gasteiger partial charge < -0.3 is 4.74 Å². The van der Waals surface area contributed by atoms with Gasteiger partial charge in [0.15, 0.2) is 0 Å². The summed E-state index contributed by atoms with van der Waals surface area (Å²) >= 11 is 0. The van der Waals surface area contributed by atoms with Crippen molar-refractivity contribution in [3.63, 3.8) is 0 Å². The smallest absolute Gasteiger partial charge is 0.417 e. The first-order valence-corrected chi connectivity index (χ1v) is 11.2. The number of imide groups is 1. The largest absolute Gasteiger partial charge is 0.443 e. The second kappa shape index (κ2) is 3.87. The van der Waals surface area contributed by atoms with Crippen molar-refractivity contribution in [1.82, 2.24) is 4.90 Å². The number of rotatable bonds is 1. The van der Waals surface area contributed by atoms with Crippen molar-refractivity contribution in [2.75, 3.05) is 0 Å². The van der Waals surface area contributed by atoms with Crippen molar-refractivity contribution in [1.29, 1.82) is 0 Å². The van der Waals surface area contributed by atoms with Gasteiger partial charge in [-0.3, -0.25) is 4.79 Å². The topological polar surface area (TPSA) is 46.6 Å². The van der Waals surface area contributed by atoms with E-state index in [2.05, 4.69) is 19.6 Å². The fourth-order valence-electron chi connectivity index (χ4n) is 4.52. The van der Waals surface area contributed by atoms with Gasteiger partial charge in [-0.15, -0.1) is 0 Å². The van der Waals surface area contributed by atoms with Crippen molar-refractivity contribution in [2.45, 2.75) is 64.0 Å². The Morgan fingerprint density at radius 2 is 1.85 bits per heavy atom. The maximum absolute atomic E-state index is 12.4. The molecule has 20 heavy (non-hydrogen) atoms.